The quantitative estimate of drug-likeness (QED) is 0.269. The molecule has 0 saturated heterocycles. The van der Waals surface area contributed by atoms with Crippen LogP contribution in [-0.2, 0) is 5.41 Å². The SMILES string of the molecule is C1=CC2c3ccccc3C3(c4ccccc4-c4ccccc43)C2C=C1Nc1ccc(-c2ccccc2)cc1. The van der Waals surface area contributed by atoms with Gasteiger partial charge < -0.3 is 5.32 Å². The molecular formula is C37H27N. The van der Waals surface area contributed by atoms with Crippen LogP contribution in [0.1, 0.15) is 28.2 Å². The Bertz CT molecular complexity index is 1690. The molecule has 1 nitrogen and oxygen atoms in total. The number of anilines is 1. The molecule has 38 heavy (non-hydrogen) atoms. The summed E-state index contributed by atoms with van der Waals surface area (Å²) in [5, 5.41) is 3.73. The molecule has 180 valence electrons. The molecule has 1 heteroatoms. The third-order valence-electron chi connectivity index (χ3n) is 8.75. The maximum atomic E-state index is 3.73. The second-order valence-electron chi connectivity index (χ2n) is 10.6. The first-order valence-corrected chi connectivity index (χ1v) is 13.5. The van der Waals surface area contributed by atoms with Crippen molar-refractivity contribution in [2.45, 2.75) is 11.3 Å². The Kier molecular flexibility index (Phi) is 4.63. The normalized spacial score (nSPS) is 19.3. The molecule has 0 amide bonds. The van der Waals surface area contributed by atoms with Crippen LogP contribution in [0.4, 0.5) is 5.69 Å². The lowest BCUT2D eigenvalue weighted by molar-refractivity contribution is 0.463. The Hall–Kier alpha value is -4.62. The third-order valence-corrected chi connectivity index (χ3v) is 8.75. The van der Waals surface area contributed by atoms with E-state index in [-0.39, 0.29) is 5.41 Å². The van der Waals surface area contributed by atoms with Gasteiger partial charge in [0.15, 0.2) is 0 Å². The molecule has 3 aliphatic carbocycles. The minimum absolute atomic E-state index is 0.191. The van der Waals surface area contributed by atoms with Crippen LogP contribution < -0.4 is 5.32 Å². The minimum Gasteiger partial charge on any atom is -0.356 e. The van der Waals surface area contributed by atoms with E-state index in [1.807, 2.05) is 0 Å². The molecule has 0 saturated carbocycles. The van der Waals surface area contributed by atoms with E-state index in [0.29, 0.717) is 11.8 Å². The molecule has 1 N–H and O–H groups in total. The van der Waals surface area contributed by atoms with E-state index in [4.69, 9.17) is 0 Å². The van der Waals surface area contributed by atoms with Gasteiger partial charge in [-0.25, -0.2) is 0 Å². The predicted octanol–water partition coefficient (Wildman–Crippen LogP) is 8.95. The predicted molar refractivity (Wildman–Crippen MR) is 157 cm³/mol. The zero-order valence-electron chi connectivity index (χ0n) is 21.0. The molecule has 1 spiro atoms. The van der Waals surface area contributed by atoms with Crippen molar-refractivity contribution in [3.63, 3.8) is 0 Å². The number of nitrogens with one attached hydrogen (secondary N) is 1. The number of fused-ring (bicyclic) bond motifs is 10. The average molecular weight is 486 g/mol. The summed E-state index contributed by atoms with van der Waals surface area (Å²) in [6.45, 7) is 0. The second-order valence-corrected chi connectivity index (χ2v) is 10.6. The molecule has 0 aromatic heterocycles. The number of hydrogen-bond donors (Lipinski definition) is 1. The highest BCUT2D eigenvalue weighted by atomic mass is 14.9. The van der Waals surface area contributed by atoms with Gasteiger partial charge in [0.25, 0.3) is 0 Å². The van der Waals surface area contributed by atoms with Crippen molar-refractivity contribution in [2.75, 3.05) is 5.32 Å². The fourth-order valence-corrected chi connectivity index (χ4v) is 7.24. The second kappa shape index (κ2) is 8.19. The van der Waals surface area contributed by atoms with Crippen LogP contribution in [0.3, 0.4) is 0 Å². The van der Waals surface area contributed by atoms with Gasteiger partial charge in [-0.3, -0.25) is 0 Å². The highest BCUT2D eigenvalue weighted by Gasteiger charge is 2.57. The van der Waals surface area contributed by atoms with E-state index in [1.54, 1.807) is 0 Å². The van der Waals surface area contributed by atoms with Gasteiger partial charge in [0.2, 0.25) is 0 Å². The minimum atomic E-state index is -0.191. The summed E-state index contributed by atoms with van der Waals surface area (Å²) in [7, 11) is 0. The Morgan fingerprint density at radius 1 is 0.526 bits per heavy atom. The maximum absolute atomic E-state index is 3.73. The topological polar surface area (TPSA) is 12.0 Å². The van der Waals surface area contributed by atoms with Gasteiger partial charge in [0, 0.05) is 23.2 Å². The van der Waals surface area contributed by atoms with Crippen LogP contribution in [0, 0.1) is 5.92 Å². The molecule has 8 rings (SSSR count). The van der Waals surface area contributed by atoms with Crippen molar-refractivity contribution in [3.8, 4) is 22.3 Å². The van der Waals surface area contributed by atoms with Crippen molar-refractivity contribution in [3.05, 3.63) is 174 Å². The fraction of sp³-hybridized carbons (Fsp3) is 0.0811. The fourth-order valence-electron chi connectivity index (χ4n) is 7.24. The van der Waals surface area contributed by atoms with E-state index in [2.05, 4.69) is 151 Å². The van der Waals surface area contributed by atoms with Gasteiger partial charge in [-0.2, -0.15) is 0 Å². The van der Waals surface area contributed by atoms with Crippen molar-refractivity contribution >= 4 is 5.69 Å². The molecule has 0 fully saturated rings. The Morgan fingerprint density at radius 2 is 1.11 bits per heavy atom. The molecule has 5 aromatic rings. The summed E-state index contributed by atoms with van der Waals surface area (Å²) in [6, 6.07) is 46.5. The Morgan fingerprint density at radius 3 is 1.82 bits per heavy atom. The zero-order chi connectivity index (χ0) is 25.1. The summed E-state index contributed by atoms with van der Waals surface area (Å²) in [5.74, 6) is 0.636. The molecule has 0 aliphatic heterocycles. The number of rotatable bonds is 3. The van der Waals surface area contributed by atoms with Gasteiger partial charge in [-0.15, -0.1) is 0 Å². The monoisotopic (exact) mass is 485 g/mol. The summed E-state index contributed by atoms with van der Waals surface area (Å²) in [5.41, 5.74) is 13.0. The Balaban J connectivity index is 1.24. The molecule has 0 bridgehead atoms. The lowest BCUT2D eigenvalue weighted by atomic mass is 9.65. The highest BCUT2D eigenvalue weighted by molar-refractivity contribution is 5.86. The van der Waals surface area contributed by atoms with Crippen molar-refractivity contribution in [2.24, 2.45) is 5.92 Å². The first kappa shape index (κ1) is 21.5. The molecule has 0 radical (unpaired) electrons. The molecule has 5 aromatic carbocycles. The lowest BCUT2D eigenvalue weighted by Gasteiger charge is -2.36. The summed E-state index contributed by atoms with van der Waals surface area (Å²) < 4.78 is 0. The first-order chi connectivity index (χ1) is 18.8. The summed E-state index contributed by atoms with van der Waals surface area (Å²) in [6.07, 6.45) is 7.19. The molecule has 3 aliphatic rings. The van der Waals surface area contributed by atoms with Crippen LogP contribution in [0.25, 0.3) is 22.3 Å². The maximum Gasteiger partial charge on any atom is 0.0538 e. The van der Waals surface area contributed by atoms with E-state index in [9.17, 15) is 0 Å². The molecular weight excluding hydrogens is 458 g/mol. The zero-order valence-corrected chi connectivity index (χ0v) is 21.0. The van der Waals surface area contributed by atoms with Gasteiger partial charge in [-0.05, 0) is 62.7 Å². The molecule has 2 unspecified atom stereocenters. The van der Waals surface area contributed by atoms with E-state index in [1.165, 1.54) is 44.5 Å². The standard InChI is InChI=1S/C37H27N/c1-2-10-25(11-3-1)26-18-20-27(21-19-26)38-28-22-23-32-31-14-6-9-17-35(31)37(36(32)24-28)33-15-7-4-12-29(33)30-13-5-8-16-34(30)37/h1-24,32,36,38H. The average Bonchev–Trinajstić information content (AvgIpc) is 3.45. The summed E-state index contributed by atoms with van der Waals surface area (Å²) in [4.78, 5) is 0. The Labute approximate surface area is 223 Å². The molecule has 0 heterocycles. The van der Waals surface area contributed by atoms with Crippen LogP contribution in [-0.4, -0.2) is 0 Å². The number of hydrogen-bond acceptors (Lipinski definition) is 1. The first-order valence-electron chi connectivity index (χ1n) is 13.5. The van der Waals surface area contributed by atoms with E-state index in [0.717, 1.165) is 11.4 Å². The van der Waals surface area contributed by atoms with Crippen molar-refractivity contribution in [1.82, 2.24) is 0 Å². The van der Waals surface area contributed by atoms with Crippen LogP contribution >= 0.6 is 0 Å². The van der Waals surface area contributed by atoms with Crippen LogP contribution in [0.5, 0.6) is 0 Å². The lowest BCUT2D eigenvalue weighted by Crippen LogP contribution is -2.33. The van der Waals surface area contributed by atoms with E-state index < -0.39 is 0 Å². The van der Waals surface area contributed by atoms with E-state index >= 15 is 0 Å². The number of allylic oxidation sites excluding steroid dienone is 3. The van der Waals surface area contributed by atoms with Gasteiger partial charge >= 0.3 is 0 Å². The van der Waals surface area contributed by atoms with Crippen LogP contribution in [0.15, 0.2) is 151 Å². The molecule has 2 atom stereocenters. The van der Waals surface area contributed by atoms with Crippen LogP contribution in [0.2, 0.25) is 0 Å². The smallest absolute Gasteiger partial charge is 0.0538 e. The summed E-state index contributed by atoms with van der Waals surface area (Å²) >= 11 is 0. The highest BCUT2D eigenvalue weighted by Crippen LogP contribution is 2.65. The van der Waals surface area contributed by atoms with Gasteiger partial charge in [0.05, 0.1) is 5.41 Å². The number of benzene rings is 5. The largest absolute Gasteiger partial charge is 0.356 e. The van der Waals surface area contributed by atoms with Crippen molar-refractivity contribution in [1.29, 1.82) is 0 Å². The van der Waals surface area contributed by atoms with Crippen molar-refractivity contribution < 1.29 is 0 Å². The third kappa shape index (κ3) is 2.93. The van der Waals surface area contributed by atoms with Gasteiger partial charge in [0.1, 0.15) is 0 Å². The van der Waals surface area contributed by atoms with Gasteiger partial charge in [-0.1, -0.05) is 127 Å².